The number of nitrogens with zero attached hydrogens (tertiary/aromatic N) is 1. The summed E-state index contributed by atoms with van der Waals surface area (Å²) in [5, 5.41) is 2.30. The lowest BCUT2D eigenvalue weighted by atomic mass is 9.90. The number of amides is 1. The van der Waals surface area contributed by atoms with E-state index in [1.54, 1.807) is 11.9 Å². The normalized spacial score (nSPS) is 26.7. The monoisotopic (exact) mass is 276 g/mol. The largest absolute Gasteiger partial charge is 0.342 e. The van der Waals surface area contributed by atoms with Gasteiger partial charge in [-0.05, 0) is 39.7 Å². The van der Waals surface area contributed by atoms with Crippen LogP contribution in [0.2, 0.25) is 0 Å². The van der Waals surface area contributed by atoms with Gasteiger partial charge >= 0.3 is 0 Å². The molecule has 0 aromatic heterocycles. The molecule has 0 bridgehead atoms. The number of sulfone groups is 1. The highest BCUT2D eigenvalue weighted by Gasteiger charge is 2.31. The lowest BCUT2D eigenvalue weighted by Crippen LogP contribution is -2.47. The van der Waals surface area contributed by atoms with E-state index in [9.17, 15) is 13.2 Å². The van der Waals surface area contributed by atoms with Crippen molar-refractivity contribution in [1.82, 2.24) is 10.2 Å². The molecule has 0 saturated heterocycles. The van der Waals surface area contributed by atoms with Crippen LogP contribution in [-0.2, 0) is 14.6 Å². The van der Waals surface area contributed by atoms with Crippen LogP contribution in [0.1, 0.15) is 32.6 Å². The first kappa shape index (κ1) is 15.4. The summed E-state index contributed by atoms with van der Waals surface area (Å²) in [5.74, 6) is -0.287. The molecular formula is C12H24N2O3S. The van der Waals surface area contributed by atoms with E-state index in [0.29, 0.717) is 6.04 Å². The number of hydrogen-bond donors (Lipinski definition) is 1. The molecule has 1 rings (SSSR count). The molecule has 0 radical (unpaired) electrons. The number of carbonyl (C=O) groups excluding carboxylic acids is 1. The Bertz CT molecular complexity index is 386. The maximum absolute atomic E-state index is 12.1. The van der Waals surface area contributed by atoms with Gasteiger partial charge in [0.25, 0.3) is 0 Å². The van der Waals surface area contributed by atoms with Crippen LogP contribution >= 0.6 is 0 Å². The summed E-state index contributed by atoms with van der Waals surface area (Å²) in [6, 6.07) is 0.698. The Morgan fingerprint density at radius 1 is 1.28 bits per heavy atom. The van der Waals surface area contributed by atoms with E-state index < -0.39 is 15.1 Å². The van der Waals surface area contributed by atoms with E-state index in [2.05, 4.69) is 5.32 Å². The average Bonchev–Trinajstić information content (AvgIpc) is 2.35. The first-order valence-electron chi connectivity index (χ1n) is 6.40. The minimum absolute atomic E-state index is 0.172. The van der Waals surface area contributed by atoms with Crippen LogP contribution in [0.4, 0.5) is 0 Å². The maximum Gasteiger partial charge on any atom is 0.240 e. The Kier molecular flexibility index (Phi) is 5.16. The molecular weight excluding hydrogens is 252 g/mol. The van der Waals surface area contributed by atoms with E-state index in [-0.39, 0.29) is 11.9 Å². The predicted octanol–water partition coefficient (Wildman–Crippen LogP) is 0.409. The fourth-order valence-electron chi connectivity index (χ4n) is 2.40. The van der Waals surface area contributed by atoms with Gasteiger partial charge in [0.1, 0.15) is 5.25 Å². The van der Waals surface area contributed by atoms with Gasteiger partial charge < -0.3 is 10.2 Å². The molecule has 0 heterocycles. The molecule has 6 heteroatoms. The van der Waals surface area contributed by atoms with Crippen molar-refractivity contribution in [1.29, 1.82) is 0 Å². The molecule has 5 nitrogen and oxygen atoms in total. The molecule has 1 unspecified atom stereocenters. The second-order valence-corrected chi connectivity index (χ2v) is 7.58. The van der Waals surface area contributed by atoms with Gasteiger partial charge in [0, 0.05) is 25.4 Å². The molecule has 0 spiro atoms. The van der Waals surface area contributed by atoms with Crippen LogP contribution in [0, 0.1) is 0 Å². The fraction of sp³-hybridized carbons (Fsp3) is 0.917. The summed E-state index contributed by atoms with van der Waals surface area (Å²) in [7, 11) is 0.362. The molecule has 1 fully saturated rings. The Labute approximate surface area is 110 Å². The van der Waals surface area contributed by atoms with Crippen LogP contribution in [0.3, 0.4) is 0 Å². The third-order valence-corrected chi connectivity index (χ3v) is 5.48. The highest BCUT2D eigenvalue weighted by Crippen LogP contribution is 2.23. The Hall–Kier alpha value is -0.620. The average molecular weight is 276 g/mol. The quantitative estimate of drug-likeness (QED) is 0.807. The first-order valence-corrected chi connectivity index (χ1v) is 8.35. The van der Waals surface area contributed by atoms with Crippen molar-refractivity contribution in [2.24, 2.45) is 0 Å². The zero-order chi connectivity index (χ0) is 13.9. The van der Waals surface area contributed by atoms with Gasteiger partial charge in [-0.15, -0.1) is 0 Å². The maximum atomic E-state index is 12.1. The Morgan fingerprint density at radius 3 is 2.17 bits per heavy atom. The summed E-state index contributed by atoms with van der Waals surface area (Å²) < 4.78 is 22.8. The van der Waals surface area contributed by atoms with Crippen LogP contribution < -0.4 is 5.32 Å². The first-order chi connectivity index (χ1) is 8.27. The molecule has 18 heavy (non-hydrogen) atoms. The van der Waals surface area contributed by atoms with Crippen LogP contribution in [-0.4, -0.2) is 56.9 Å². The second kappa shape index (κ2) is 6.02. The van der Waals surface area contributed by atoms with Gasteiger partial charge in [0.05, 0.1) is 0 Å². The van der Waals surface area contributed by atoms with E-state index in [4.69, 9.17) is 0 Å². The molecule has 0 aliphatic heterocycles. The predicted molar refractivity (Wildman–Crippen MR) is 72.2 cm³/mol. The molecule has 1 amide bonds. The SMILES string of the molecule is CNC1CCC(N(C)C(=O)C(C)S(C)(=O)=O)CC1. The van der Waals surface area contributed by atoms with E-state index in [0.717, 1.165) is 31.9 Å². The molecule has 1 aliphatic carbocycles. The Balaban J connectivity index is 2.60. The fourth-order valence-corrected chi connectivity index (χ4v) is 2.93. The molecule has 1 saturated carbocycles. The van der Waals surface area contributed by atoms with Crippen molar-refractivity contribution in [2.45, 2.75) is 49.9 Å². The molecule has 1 atom stereocenters. The smallest absolute Gasteiger partial charge is 0.240 e. The zero-order valence-corrected chi connectivity index (χ0v) is 12.5. The topological polar surface area (TPSA) is 66.5 Å². The molecule has 106 valence electrons. The molecule has 0 aromatic rings. The third-order valence-electron chi connectivity index (χ3n) is 3.99. The van der Waals surface area contributed by atoms with Gasteiger partial charge in [0.2, 0.25) is 5.91 Å². The summed E-state index contributed by atoms with van der Waals surface area (Å²) in [6.07, 6.45) is 5.05. The van der Waals surface area contributed by atoms with E-state index in [1.807, 2.05) is 7.05 Å². The van der Waals surface area contributed by atoms with Crippen molar-refractivity contribution in [3.05, 3.63) is 0 Å². The van der Waals surface area contributed by atoms with Crippen molar-refractivity contribution >= 4 is 15.7 Å². The van der Waals surface area contributed by atoms with Gasteiger partial charge in [-0.2, -0.15) is 0 Å². The van der Waals surface area contributed by atoms with Gasteiger partial charge in [-0.1, -0.05) is 0 Å². The summed E-state index contributed by atoms with van der Waals surface area (Å²) in [6.45, 7) is 1.47. The zero-order valence-electron chi connectivity index (χ0n) is 11.6. The third kappa shape index (κ3) is 3.68. The lowest BCUT2D eigenvalue weighted by Gasteiger charge is -2.35. The van der Waals surface area contributed by atoms with Crippen LogP contribution in [0.15, 0.2) is 0 Å². The number of hydrogen-bond acceptors (Lipinski definition) is 4. The summed E-state index contributed by atoms with van der Waals surface area (Å²) in [5.41, 5.74) is 0. The second-order valence-electron chi connectivity index (χ2n) is 5.22. The molecule has 1 aliphatic rings. The van der Waals surface area contributed by atoms with Crippen molar-refractivity contribution < 1.29 is 13.2 Å². The number of nitrogens with one attached hydrogen (secondary N) is 1. The van der Waals surface area contributed by atoms with Crippen molar-refractivity contribution in [3.63, 3.8) is 0 Å². The van der Waals surface area contributed by atoms with Gasteiger partial charge in [-0.3, -0.25) is 4.79 Å². The van der Waals surface area contributed by atoms with Gasteiger partial charge in [-0.25, -0.2) is 8.42 Å². The van der Waals surface area contributed by atoms with Crippen LogP contribution in [0.25, 0.3) is 0 Å². The van der Waals surface area contributed by atoms with E-state index in [1.165, 1.54) is 6.92 Å². The van der Waals surface area contributed by atoms with Crippen molar-refractivity contribution in [2.75, 3.05) is 20.4 Å². The number of carbonyl (C=O) groups is 1. The Morgan fingerprint density at radius 2 is 1.78 bits per heavy atom. The standard InChI is InChI=1S/C12H24N2O3S/c1-9(18(4,16)17)12(15)14(3)11-7-5-10(13-2)6-8-11/h9-11,13H,5-8H2,1-4H3. The van der Waals surface area contributed by atoms with Crippen LogP contribution in [0.5, 0.6) is 0 Å². The highest BCUT2D eigenvalue weighted by molar-refractivity contribution is 7.92. The minimum Gasteiger partial charge on any atom is -0.342 e. The lowest BCUT2D eigenvalue weighted by molar-refractivity contribution is -0.131. The molecule has 1 N–H and O–H groups in total. The highest BCUT2D eigenvalue weighted by atomic mass is 32.2. The van der Waals surface area contributed by atoms with E-state index >= 15 is 0 Å². The number of rotatable bonds is 4. The summed E-state index contributed by atoms with van der Waals surface area (Å²) >= 11 is 0. The summed E-state index contributed by atoms with van der Waals surface area (Å²) in [4.78, 5) is 13.7. The van der Waals surface area contributed by atoms with Crippen molar-refractivity contribution in [3.8, 4) is 0 Å². The minimum atomic E-state index is -3.30. The van der Waals surface area contributed by atoms with Gasteiger partial charge in [0.15, 0.2) is 9.84 Å². The molecule has 0 aromatic carbocycles.